The summed E-state index contributed by atoms with van der Waals surface area (Å²) in [7, 11) is -6.06. The van der Waals surface area contributed by atoms with E-state index in [2.05, 4.69) is 97.3 Å². The molecule has 109 heavy (non-hydrogen) atoms. The van der Waals surface area contributed by atoms with E-state index in [1.165, 1.54) is 162 Å². The number of esters is 4. The molecule has 0 aliphatic heterocycles. The van der Waals surface area contributed by atoms with Gasteiger partial charge in [0.1, 0.15) is 23.0 Å². The van der Waals surface area contributed by atoms with E-state index in [9.17, 15) is 80.6 Å². The summed E-state index contributed by atoms with van der Waals surface area (Å²) in [6.45, 7) is 10.8. The molecule has 600 valence electrons. The van der Waals surface area contributed by atoms with E-state index in [1.54, 1.807) is 48.5 Å². The lowest BCUT2D eigenvalue weighted by Crippen LogP contribution is -2.54. The molecule has 2 unspecified atom stereocenters. The summed E-state index contributed by atoms with van der Waals surface area (Å²) < 4.78 is 224. The van der Waals surface area contributed by atoms with Crippen molar-refractivity contribution in [3.63, 3.8) is 0 Å². The molecular formula is C80H98F14O12Si3. The maximum absolute atomic E-state index is 13.5. The van der Waals surface area contributed by atoms with Crippen molar-refractivity contribution in [1.82, 2.24) is 0 Å². The van der Waals surface area contributed by atoms with Gasteiger partial charge in [0.15, 0.2) is 42.1 Å². The lowest BCUT2D eigenvalue weighted by molar-refractivity contribution is -0.360. The average Bonchev–Trinajstić information content (AvgIpc) is 0.782. The molecule has 0 spiro atoms. The van der Waals surface area contributed by atoms with Crippen LogP contribution in [0.4, 0.5) is 61.5 Å². The Hall–Kier alpha value is -7.61. The molecule has 0 heterocycles. The number of halogens is 14. The van der Waals surface area contributed by atoms with E-state index in [0.29, 0.717) is 0 Å². The quantitative estimate of drug-likeness (QED) is 0.0118. The van der Waals surface area contributed by atoms with Crippen molar-refractivity contribution in [2.75, 3.05) is 13.2 Å². The second kappa shape index (κ2) is 40.5. The number of rotatable bonds is 46. The molecule has 6 aromatic carbocycles. The number of ether oxygens (including phenoxy) is 6. The Morgan fingerprint density at radius 2 is 0.578 bits per heavy atom. The largest absolute Gasteiger partial charge is 0.479 e. The number of unbranched alkanes of at least 4 members (excludes halogenated alkanes) is 16. The van der Waals surface area contributed by atoms with Crippen LogP contribution in [0.1, 0.15) is 161 Å². The first-order valence-corrected chi connectivity index (χ1v) is 45.8. The number of carbonyl (C=O) groups excluding carboxylic acids is 4. The molecule has 6 rings (SSSR count). The fourth-order valence-corrected chi connectivity index (χ4v) is 26.4. The van der Waals surface area contributed by atoms with Crippen molar-refractivity contribution in [1.29, 1.82) is 0 Å². The molecule has 29 heteroatoms. The Labute approximate surface area is 631 Å². The summed E-state index contributed by atoms with van der Waals surface area (Å²) in [6, 6.07) is 42.9. The molecule has 0 aliphatic carbocycles. The maximum atomic E-state index is 13.5. The highest BCUT2D eigenvalue weighted by molar-refractivity contribution is 6.87. The molecule has 0 saturated carbocycles. The van der Waals surface area contributed by atoms with Crippen molar-refractivity contribution in [3.05, 3.63) is 168 Å². The number of carbonyl (C=O) groups is 4. The van der Waals surface area contributed by atoms with Crippen LogP contribution in [0.15, 0.2) is 146 Å². The Morgan fingerprint density at radius 1 is 0.330 bits per heavy atom. The van der Waals surface area contributed by atoms with Gasteiger partial charge in [0.25, 0.3) is 0 Å². The molecule has 6 aromatic rings. The van der Waals surface area contributed by atoms with Gasteiger partial charge >= 0.3 is 68.5 Å². The third-order valence-corrected chi connectivity index (χ3v) is 29.6. The topological polar surface area (TPSA) is 142 Å². The van der Waals surface area contributed by atoms with Gasteiger partial charge in [0, 0.05) is 0 Å². The molecular weight excluding hydrogens is 1500 g/mol. The first-order valence-electron chi connectivity index (χ1n) is 36.7. The van der Waals surface area contributed by atoms with Crippen molar-refractivity contribution in [2.45, 2.75) is 242 Å². The van der Waals surface area contributed by atoms with Crippen molar-refractivity contribution in [2.24, 2.45) is 0 Å². The van der Waals surface area contributed by atoms with Gasteiger partial charge in [-0.15, -0.1) is 0 Å². The monoisotopic (exact) mass is 1600 g/mol. The van der Waals surface area contributed by atoms with Crippen LogP contribution in [-0.4, -0.2) is 111 Å². The molecule has 0 saturated heterocycles. The molecule has 12 nitrogen and oxygen atoms in total. The van der Waals surface area contributed by atoms with Crippen LogP contribution in [0.5, 0.6) is 23.0 Å². The van der Waals surface area contributed by atoms with Crippen LogP contribution >= 0.6 is 0 Å². The SMILES string of the molecule is CC(Oc1ccc(OC(=O)c2ccc(-c3ccc(CCCCCCCCCCC[Si](C)(C)O[Si](C)(C)O[Si](C)(C)CCCCCCCCCCCc4ccc(-c5ccc(C(=O)Oc6ccc(OC(C)C(=O)OCC(F)(F)C(F)(F)C(F)(F)F)cc6)cc5)cc4)cc3)cc2)cc1)C(=O)OCC(F)(F)C(F)(F)C(F)(F)F. The minimum Gasteiger partial charge on any atom is -0.479 e. The highest BCUT2D eigenvalue weighted by Crippen LogP contribution is 2.48. The Balaban J connectivity index is 0.733. The second-order valence-corrected chi connectivity index (χ2v) is 41.5. The van der Waals surface area contributed by atoms with Gasteiger partial charge in [-0.2, -0.15) is 61.5 Å². The van der Waals surface area contributed by atoms with Crippen molar-refractivity contribution < 1.29 is 117 Å². The summed E-state index contributed by atoms with van der Waals surface area (Å²) in [4.78, 5) is 49.8. The fourth-order valence-electron chi connectivity index (χ4n) is 12.2. The van der Waals surface area contributed by atoms with Gasteiger partial charge in [-0.25, -0.2) is 19.2 Å². The maximum Gasteiger partial charge on any atom is 0.460 e. The molecule has 0 N–H and O–H groups in total. The number of aryl methyl sites for hydroxylation is 2. The lowest BCUT2D eigenvalue weighted by atomic mass is 10.00. The van der Waals surface area contributed by atoms with Crippen LogP contribution in [0, 0.1) is 0 Å². The van der Waals surface area contributed by atoms with Gasteiger partial charge in [0.05, 0.1) is 11.1 Å². The minimum atomic E-state index is -6.57. The summed E-state index contributed by atoms with van der Waals surface area (Å²) in [5, 5.41) is 0. The van der Waals surface area contributed by atoms with E-state index >= 15 is 0 Å². The van der Waals surface area contributed by atoms with E-state index in [0.717, 1.165) is 73.9 Å². The Bertz CT molecular complexity index is 3540. The lowest BCUT2D eigenvalue weighted by Gasteiger charge is -2.39. The van der Waals surface area contributed by atoms with E-state index < -0.39 is 111 Å². The molecule has 2 atom stereocenters. The second-order valence-electron chi connectivity index (χ2n) is 29.0. The normalized spacial score (nSPS) is 13.3. The van der Waals surface area contributed by atoms with Crippen molar-refractivity contribution in [3.8, 4) is 45.3 Å². The number of hydrogen-bond acceptors (Lipinski definition) is 12. The van der Waals surface area contributed by atoms with E-state index in [4.69, 9.17) is 27.2 Å². The minimum absolute atomic E-state index is 0.0466. The Kier molecular flexibility index (Phi) is 33.6. The summed E-state index contributed by atoms with van der Waals surface area (Å²) in [6.07, 6.45) is 7.24. The van der Waals surface area contributed by atoms with Gasteiger partial charge in [0.2, 0.25) is 0 Å². The van der Waals surface area contributed by atoms with E-state index in [-0.39, 0.29) is 34.1 Å². The number of hydrogen-bond donors (Lipinski definition) is 0. The number of benzene rings is 6. The van der Waals surface area contributed by atoms with Gasteiger partial charge < -0.3 is 36.7 Å². The van der Waals surface area contributed by atoms with Crippen LogP contribution < -0.4 is 18.9 Å². The van der Waals surface area contributed by atoms with Crippen molar-refractivity contribution >= 4 is 49.1 Å². The van der Waals surface area contributed by atoms with Gasteiger partial charge in [-0.1, -0.05) is 176 Å². The molecule has 0 bridgehead atoms. The average molecular weight is 1600 g/mol. The van der Waals surface area contributed by atoms with E-state index in [1.807, 2.05) is 0 Å². The zero-order chi connectivity index (χ0) is 80.5. The predicted octanol–water partition coefficient (Wildman–Crippen LogP) is 23.7. The first-order chi connectivity index (χ1) is 51.0. The Morgan fingerprint density at radius 3 is 0.853 bits per heavy atom. The van der Waals surface area contributed by atoms with Crippen LogP contribution in [-0.2, 0) is 40.1 Å². The molecule has 0 amide bonds. The highest BCUT2D eigenvalue weighted by atomic mass is 28.5. The van der Waals surface area contributed by atoms with Crippen LogP contribution in [0.25, 0.3) is 22.3 Å². The van der Waals surface area contributed by atoms with Gasteiger partial charge in [-0.3, -0.25) is 0 Å². The highest BCUT2D eigenvalue weighted by Gasteiger charge is 2.74. The van der Waals surface area contributed by atoms with Crippen LogP contribution in [0.3, 0.4) is 0 Å². The number of alkyl halides is 14. The zero-order valence-corrected chi connectivity index (χ0v) is 65.7. The summed E-state index contributed by atoms with van der Waals surface area (Å²) in [5.41, 5.74) is 6.80. The molecule has 0 aromatic heterocycles. The zero-order valence-electron chi connectivity index (χ0n) is 62.7. The molecule has 0 fully saturated rings. The first kappa shape index (κ1) is 90.3. The molecule has 0 radical (unpaired) electrons. The molecule has 0 aliphatic rings. The third kappa shape index (κ3) is 29.2. The van der Waals surface area contributed by atoms with Gasteiger partial charge in [-0.05, 0) is 197 Å². The smallest absolute Gasteiger partial charge is 0.460 e. The fraction of sp³-hybridized carbons (Fsp3) is 0.500. The predicted molar refractivity (Wildman–Crippen MR) is 395 cm³/mol. The summed E-state index contributed by atoms with van der Waals surface area (Å²) in [5.74, 6) is -28.8. The van der Waals surface area contributed by atoms with Crippen LogP contribution in [0.2, 0.25) is 51.4 Å². The standard InChI is InChI=1S/C80H98F14O12Si3/c1-57(71(95)99-55-75(81,82)77(85,86)79(89,90)91)101-67-45-49-69(50-46-67)103-73(97)65-41-37-63(38-42-65)61-33-29-59(30-34-61)27-23-19-15-11-9-13-17-21-25-53-107(3,4)105-109(7,8)106-108(5,6)54-26-22-18-14-10-12-16-20-24-28-60-31-35-62(36-32-60)64-39-43-66(44-40-64)74(98)104-70-51-47-68(48-52-70)102-58(2)72(96)100-56-76(83,84)78(87,88)80(92,93)94/h29-52,57-58H,9-28,53-56H2,1-8H3. The third-order valence-electron chi connectivity index (χ3n) is 18.1. The summed E-state index contributed by atoms with van der Waals surface area (Å²) >= 11 is 0.